The Morgan fingerprint density at radius 3 is 1.92 bits per heavy atom. The highest BCUT2D eigenvalue weighted by Crippen LogP contribution is 2.64. The molecule has 2 saturated carbocycles. The van der Waals surface area contributed by atoms with E-state index in [4.69, 9.17) is 23.7 Å². The van der Waals surface area contributed by atoms with E-state index in [1.807, 2.05) is 0 Å². The minimum absolute atomic E-state index is 0.0180. The van der Waals surface area contributed by atoms with Crippen LogP contribution in [-0.4, -0.2) is 117 Å². The van der Waals surface area contributed by atoms with Gasteiger partial charge in [-0.2, -0.15) is 0 Å². The summed E-state index contributed by atoms with van der Waals surface area (Å²) in [5, 5.41) is 51.8. The zero-order valence-corrected chi connectivity index (χ0v) is 35.6. The highest BCUT2D eigenvalue weighted by molar-refractivity contribution is 5.96. The predicted octanol–water partition coefficient (Wildman–Crippen LogP) is 2.71. The maximum Gasteiger partial charge on any atom is 0.338 e. The van der Waals surface area contributed by atoms with Gasteiger partial charge in [-0.25, -0.2) is 9.59 Å². The third-order valence-electron chi connectivity index (χ3n) is 13.5. The summed E-state index contributed by atoms with van der Waals surface area (Å²) in [6, 6.07) is 22.6. The molecule has 3 aromatic carbocycles. The molecule has 1 aliphatic heterocycles. The van der Waals surface area contributed by atoms with Crippen molar-refractivity contribution in [3.8, 4) is 0 Å². The van der Waals surface area contributed by atoms with E-state index in [-0.39, 0.29) is 22.3 Å². The number of aliphatic hydroxyl groups excluding tert-OH is 3. The number of ether oxygens (including phenoxy) is 5. The number of hydrogen-bond donors (Lipinski definition) is 5. The van der Waals surface area contributed by atoms with Gasteiger partial charge in [0.2, 0.25) is 0 Å². The van der Waals surface area contributed by atoms with Crippen molar-refractivity contribution in [2.45, 2.75) is 108 Å². The Bertz CT molecular complexity index is 2320. The first-order chi connectivity index (χ1) is 29.7. The van der Waals surface area contributed by atoms with Gasteiger partial charge < -0.3 is 49.4 Å². The second-order valence-corrected chi connectivity index (χ2v) is 17.5. The molecule has 3 aromatic rings. The Morgan fingerprint density at radius 2 is 1.38 bits per heavy atom. The van der Waals surface area contributed by atoms with Gasteiger partial charge >= 0.3 is 23.9 Å². The zero-order valence-electron chi connectivity index (χ0n) is 35.6. The van der Waals surface area contributed by atoms with Gasteiger partial charge in [0.05, 0.1) is 35.6 Å². The van der Waals surface area contributed by atoms with Crippen LogP contribution in [-0.2, 0) is 42.9 Å². The molecule has 12 atom stereocenters. The lowest BCUT2D eigenvalue weighted by Crippen LogP contribution is -2.85. The van der Waals surface area contributed by atoms with Crippen LogP contribution in [0.15, 0.2) is 102 Å². The van der Waals surface area contributed by atoms with Gasteiger partial charge in [-0.15, -0.1) is 0 Å². The maximum absolute atomic E-state index is 15.5. The van der Waals surface area contributed by atoms with Crippen molar-refractivity contribution in [1.82, 2.24) is 5.32 Å². The van der Waals surface area contributed by atoms with Crippen LogP contribution in [0.2, 0.25) is 0 Å². The van der Waals surface area contributed by atoms with Gasteiger partial charge in [0.15, 0.2) is 23.6 Å². The molecule has 3 aliphatic carbocycles. The molecule has 16 heteroatoms. The standard InChI is InChI=1S/C47H51NO15/c1-24-30(61-43(57)33(51)32(27-16-10-7-11-17-27)48-41(55)28-18-12-8-13-19-28)22-47(58)40(62-42(56)29-20-14-9-15-21-29)36-45(6,38(54)35(60-25(2)49)31(24)44(47,4)5)37(53)34(52)39-46(36,23-59-39)63-26(3)50/h7-21,30,32-37,39-40,51-53,58H,22-23H2,1-6H3,(H,48,55)/t30-,32-,33+,34+,35+,36-,37-,39+,40-,45-,46+,47+/m0/s1. The van der Waals surface area contributed by atoms with Gasteiger partial charge in [-0.1, -0.05) is 80.6 Å². The van der Waals surface area contributed by atoms with E-state index < -0.39 is 125 Å². The number of nitrogens with one attached hydrogen (secondary N) is 1. The number of hydrogen-bond acceptors (Lipinski definition) is 15. The second-order valence-electron chi connectivity index (χ2n) is 17.5. The van der Waals surface area contributed by atoms with Gasteiger partial charge in [0, 0.05) is 31.2 Å². The van der Waals surface area contributed by atoms with E-state index in [1.54, 1.807) is 78.9 Å². The molecule has 1 amide bonds. The van der Waals surface area contributed by atoms with Crippen molar-refractivity contribution >= 4 is 35.6 Å². The Balaban J connectivity index is 1.40. The Morgan fingerprint density at radius 1 is 0.810 bits per heavy atom. The molecule has 4 aliphatic rings. The molecule has 0 unspecified atom stereocenters. The fourth-order valence-corrected chi connectivity index (χ4v) is 10.3. The van der Waals surface area contributed by atoms with Crippen molar-refractivity contribution in [3.05, 3.63) is 119 Å². The lowest BCUT2D eigenvalue weighted by Gasteiger charge is -2.68. The van der Waals surface area contributed by atoms with Crippen molar-refractivity contribution in [2.75, 3.05) is 6.61 Å². The molecule has 0 radical (unpaired) electrons. The minimum Gasteiger partial charge on any atom is -0.456 e. The molecule has 1 heterocycles. The predicted molar refractivity (Wildman–Crippen MR) is 219 cm³/mol. The summed E-state index contributed by atoms with van der Waals surface area (Å²) in [5.74, 6) is -7.48. The van der Waals surface area contributed by atoms with E-state index in [0.717, 1.165) is 13.8 Å². The Hall–Kier alpha value is -5.78. The summed E-state index contributed by atoms with van der Waals surface area (Å²) in [6.07, 6.45) is -13.5. The lowest BCUT2D eigenvalue weighted by atomic mass is 9.44. The number of rotatable bonds is 10. The summed E-state index contributed by atoms with van der Waals surface area (Å²) in [4.78, 5) is 83.6. The van der Waals surface area contributed by atoms with Crippen LogP contribution >= 0.6 is 0 Å². The molecule has 63 heavy (non-hydrogen) atoms. The van der Waals surface area contributed by atoms with Crippen molar-refractivity contribution in [2.24, 2.45) is 16.7 Å². The summed E-state index contributed by atoms with van der Waals surface area (Å²) in [6.45, 7) is 7.39. The molecule has 5 N–H and O–H groups in total. The van der Waals surface area contributed by atoms with E-state index >= 15 is 4.79 Å². The van der Waals surface area contributed by atoms with Crippen molar-refractivity contribution in [1.29, 1.82) is 0 Å². The van der Waals surface area contributed by atoms with Crippen LogP contribution in [0.4, 0.5) is 0 Å². The smallest absolute Gasteiger partial charge is 0.338 e. The number of ketones is 1. The number of fused-ring (bicyclic) bond motifs is 5. The summed E-state index contributed by atoms with van der Waals surface area (Å²) in [5.41, 5.74) is -7.98. The molecule has 16 nitrogen and oxygen atoms in total. The van der Waals surface area contributed by atoms with Gasteiger partial charge in [0.1, 0.15) is 30.0 Å². The molecule has 0 spiro atoms. The summed E-state index contributed by atoms with van der Waals surface area (Å²) < 4.78 is 29.9. The van der Waals surface area contributed by atoms with Crippen LogP contribution in [0.5, 0.6) is 0 Å². The van der Waals surface area contributed by atoms with E-state index in [1.165, 1.54) is 39.8 Å². The van der Waals surface area contributed by atoms with E-state index in [9.17, 15) is 44.4 Å². The lowest BCUT2D eigenvalue weighted by molar-refractivity contribution is -0.369. The third-order valence-corrected chi connectivity index (χ3v) is 13.5. The van der Waals surface area contributed by atoms with E-state index in [2.05, 4.69) is 5.32 Å². The number of amides is 1. The molecule has 334 valence electrons. The highest BCUT2D eigenvalue weighted by atomic mass is 16.6. The zero-order chi connectivity index (χ0) is 45.8. The summed E-state index contributed by atoms with van der Waals surface area (Å²) in [7, 11) is 0. The number of Topliss-reactive ketones (excluding diaryl/α,β-unsaturated/α-hetero) is 1. The summed E-state index contributed by atoms with van der Waals surface area (Å²) >= 11 is 0. The Kier molecular flexibility index (Phi) is 12.0. The third kappa shape index (κ3) is 7.42. The SMILES string of the molecule is CC(=O)O[C@H]1C(=O)[C@@]2(C)[C@H]([C@H](OC(=O)c3ccccc3)[C@]3(O)C[C@H](OC(=O)[C@H](O)[C@@H](NC(=O)c4ccccc4)c4ccccc4)C(C)=C1C3(C)C)[C@]1(OC(C)=O)CO[C@@H]1[C@H](O)[C@@H]2O. The first-order valence-corrected chi connectivity index (χ1v) is 20.6. The minimum atomic E-state index is -2.48. The molecule has 3 fully saturated rings. The second kappa shape index (κ2) is 16.7. The molecule has 0 aromatic heterocycles. The molecule has 1 saturated heterocycles. The maximum atomic E-state index is 15.5. The van der Waals surface area contributed by atoms with Crippen LogP contribution in [0, 0.1) is 16.7 Å². The molecule has 7 rings (SSSR count). The van der Waals surface area contributed by atoms with Crippen molar-refractivity contribution < 1.29 is 72.9 Å². The number of esters is 4. The fraction of sp³-hybridized carbons (Fsp3) is 0.447. The molecular formula is C47H51NO15. The van der Waals surface area contributed by atoms with Crippen LogP contribution in [0.25, 0.3) is 0 Å². The fourth-order valence-electron chi connectivity index (χ4n) is 10.3. The molecular weight excluding hydrogens is 819 g/mol. The first kappa shape index (κ1) is 45.3. The topological polar surface area (TPSA) is 242 Å². The van der Waals surface area contributed by atoms with Gasteiger partial charge in [0.25, 0.3) is 5.91 Å². The number of carbonyl (C=O) groups excluding carboxylic acids is 6. The normalized spacial score (nSPS) is 32.7. The molecule has 2 bridgehead atoms. The number of carbonyl (C=O) groups is 6. The largest absolute Gasteiger partial charge is 0.456 e. The van der Waals surface area contributed by atoms with E-state index in [0.29, 0.717) is 5.56 Å². The Labute approximate surface area is 363 Å². The highest BCUT2D eigenvalue weighted by Gasteiger charge is 2.80. The number of aliphatic hydroxyl groups is 4. The van der Waals surface area contributed by atoms with Crippen molar-refractivity contribution in [3.63, 3.8) is 0 Å². The number of benzene rings is 3. The van der Waals surface area contributed by atoms with Crippen LogP contribution in [0.1, 0.15) is 80.3 Å². The van der Waals surface area contributed by atoms with Crippen LogP contribution < -0.4 is 5.32 Å². The average molecular weight is 870 g/mol. The monoisotopic (exact) mass is 869 g/mol. The average Bonchev–Trinajstić information content (AvgIpc) is 3.24. The van der Waals surface area contributed by atoms with Gasteiger partial charge in [-0.05, 0) is 54.8 Å². The van der Waals surface area contributed by atoms with Gasteiger partial charge in [-0.3, -0.25) is 19.2 Å². The first-order valence-electron chi connectivity index (χ1n) is 20.6. The van der Waals surface area contributed by atoms with Crippen LogP contribution in [0.3, 0.4) is 0 Å². The quantitative estimate of drug-likeness (QED) is 0.112.